The average molecular weight is 205 g/mol. The van der Waals surface area contributed by atoms with E-state index in [2.05, 4.69) is 31.8 Å². The van der Waals surface area contributed by atoms with E-state index in [4.69, 9.17) is 4.74 Å². The van der Waals surface area contributed by atoms with Crippen molar-refractivity contribution in [2.45, 2.75) is 52.1 Å². The summed E-state index contributed by atoms with van der Waals surface area (Å²) in [6.07, 6.45) is 4.80. The van der Waals surface area contributed by atoms with E-state index in [1.807, 2.05) is 13.1 Å². The molecule has 1 aromatic heterocycles. The van der Waals surface area contributed by atoms with Crippen molar-refractivity contribution in [3.05, 3.63) is 23.5 Å². The van der Waals surface area contributed by atoms with E-state index in [0.717, 1.165) is 11.4 Å². The van der Waals surface area contributed by atoms with Crippen LogP contribution in [-0.2, 0) is 5.41 Å². The van der Waals surface area contributed by atoms with Crippen molar-refractivity contribution in [3.8, 4) is 5.75 Å². The lowest BCUT2D eigenvalue weighted by Crippen LogP contribution is -2.14. The van der Waals surface area contributed by atoms with Crippen molar-refractivity contribution >= 4 is 0 Å². The molecule has 0 unspecified atom stereocenters. The maximum Gasteiger partial charge on any atom is 0.126 e. The highest BCUT2D eigenvalue weighted by Crippen LogP contribution is 2.35. The second-order valence-electron chi connectivity index (χ2n) is 5.39. The molecule has 0 bridgehead atoms. The minimum atomic E-state index is 0.102. The first kappa shape index (κ1) is 10.5. The first-order valence-corrected chi connectivity index (χ1v) is 5.60. The van der Waals surface area contributed by atoms with E-state index in [1.54, 1.807) is 0 Å². The van der Waals surface area contributed by atoms with Gasteiger partial charge >= 0.3 is 0 Å². The summed E-state index contributed by atoms with van der Waals surface area (Å²) >= 11 is 0. The van der Waals surface area contributed by atoms with Gasteiger partial charge in [-0.15, -0.1) is 0 Å². The van der Waals surface area contributed by atoms with Crippen molar-refractivity contribution in [3.63, 3.8) is 0 Å². The average Bonchev–Trinajstić information content (AvgIpc) is 2.85. The van der Waals surface area contributed by atoms with Crippen molar-refractivity contribution in [2.24, 2.45) is 0 Å². The van der Waals surface area contributed by atoms with Gasteiger partial charge in [0.15, 0.2) is 0 Å². The zero-order chi connectivity index (χ0) is 11.1. The molecule has 82 valence electrons. The van der Waals surface area contributed by atoms with Gasteiger partial charge < -0.3 is 4.74 Å². The lowest BCUT2D eigenvalue weighted by Gasteiger charge is -2.22. The van der Waals surface area contributed by atoms with Gasteiger partial charge in [0.1, 0.15) is 5.75 Å². The number of hydrogen-bond acceptors (Lipinski definition) is 2. The maximum absolute atomic E-state index is 5.92. The summed E-state index contributed by atoms with van der Waals surface area (Å²) in [7, 11) is 0. The zero-order valence-corrected chi connectivity index (χ0v) is 10.0. The first-order chi connectivity index (χ1) is 6.97. The van der Waals surface area contributed by atoms with E-state index in [9.17, 15) is 0 Å². The van der Waals surface area contributed by atoms with Gasteiger partial charge in [0, 0.05) is 23.5 Å². The van der Waals surface area contributed by atoms with Crippen LogP contribution in [0.3, 0.4) is 0 Å². The Kier molecular flexibility index (Phi) is 2.45. The molecular weight excluding hydrogens is 186 g/mol. The molecule has 1 aliphatic rings. The Hall–Kier alpha value is -1.05. The number of nitrogens with zero attached hydrogens (tertiary/aromatic N) is 1. The lowest BCUT2D eigenvalue weighted by atomic mass is 9.87. The van der Waals surface area contributed by atoms with Crippen LogP contribution in [0.5, 0.6) is 5.75 Å². The van der Waals surface area contributed by atoms with Crippen LogP contribution in [0.25, 0.3) is 0 Å². The highest BCUT2D eigenvalue weighted by atomic mass is 16.5. The van der Waals surface area contributed by atoms with Crippen LogP contribution in [0, 0.1) is 6.92 Å². The SMILES string of the molecule is Cc1cc(OC2CC2)c(C(C)(C)C)cn1. The molecule has 15 heavy (non-hydrogen) atoms. The highest BCUT2D eigenvalue weighted by molar-refractivity contribution is 5.38. The van der Waals surface area contributed by atoms with Crippen LogP contribution < -0.4 is 4.74 Å². The van der Waals surface area contributed by atoms with E-state index < -0.39 is 0 Å². The Morgan fingerprint density at radius 3 is 2.53 bits per heavy atom. The van der Waals surface area contributed by atoms with E-state index in [-0.39, 0.29) is 5.41 Å². The van der Waals surface area contributed by atoms with Crippen LogP contribution in [0.1, 0.15) is 44.9 Å². The second-order valence-corrected chi connectivity index (χ2v) is 5.39. The van der Waals surface area contributed by atoms with Gasteiger partial charge in [0.05, 0.1) is 6.10 Å². The number of hydrogen-bond donors (Lipinski definition) is 0. The molecule has 0 atom stereocenters. The van der Waals surface area contributed by atoms with Crippen molar-refractivity contribution in [1.29, 1.82) is 0 Å². The fraction of sp³-hybridized carbons (Fsp3) is 0.615. The summed E-state index contributed by atoms with van der Waals surface area (Å²) in [5.74, 6) is 1.03. The smallest absolute Gasteiger partial charge is 0.126 e. The lowest BCUT2D eigenvalue weighted by molar-refractivity contribution is 0.294. The van der Waals surface area contributed by atoms with Crippen LogP contribution in [0.4, 0.5) is 0 Å². The van der Waals surface area contributed by atoms with Gasteiger partial charge in [-0.05, 0) is 25.2 Å². The third-order valence-corrected chi connectivity index (χ3v) is 2.63. The summed E-state index contributed by atoms with van der Waals surface area (Å²) < 4.78 is 5.92. The van der Waals surface area contributed by atoms with Crippen LogP contribution >= 0.6 is 0 Å². The molecule has 0 N–H and O–H groups in total. The number of ether oxygens (including phenoxy) is 1. The fourth-order valence-electron chi connectivity index (χ4n) is 1.56. The van der Waals surface area contributed by atoms with E-state index in [1.165, 1.54) is 18.4 Å². The number of aromatic nitrogens is 1. The van der Waals surface area contributed by atoms with Gasteiger partial charge in [0.25, 0.3) is 0 Å². The summed E-state index contributed by atoms with van der Waals surface area (Å²) in [6, 6.07) is 2.05. The number of rotatable bonds is 2. The third kappa shape index (κ3) is 2.49. The summed E-state index contributed by atoms with van der Waals surface area (Å²) in [5.41, 5.74) is 2.34. The zero-order valence-electron chi connectivity index (χ0n) is 10.0. The predicted molar refractivity (Wildman–Crippen MR) is 61.3 cm³/mol. The minimum absolute atomic E-state index is 0.102. The summed E-state index contributed by atoms with van der Waals surface area (Å²) in [5, 5.41) is 0. The van der Waals surface area contributed by atoms with Crippen LogP contribution in [-0.4, -0.2) is 11.1 Å². The Balaban J connectivity index is 2.34. The van der Waals surface area contributed by atoms with Crippen molar-refractivity contribution in [1.82, 2.24) is 4.98 Å². The molecule has 0 radical (unpaired) electrons. The second kappa shape index (κ2) is 3.51. The molecule has 2 nitrogen and oxygen atoms in total. The maximum atomic E-state index is 5.92. The molecule has 2 rings (SSSR count). The molecule has 1 aromatic rings. The van der Waals surface area contributed by atoms with Gasteiger partial charge in [0.2, 0.25) is 0 Å². The molecule has 0 aromatic carbocycles. The molecule has 1 aliphatic carbocycles. The van der Waals surface area contributed by atoms with Gasteiger partial charge in [-0.2, -0.15) is 0 Å². The quantitative estimate of drug-likeness (QED) is 0.739. The summed E-state index contributed by atoms with van der Waals surface area (Å²) in [4.78, 5) is 4.35. The number of pyridine rings is 1. The van der Waals surface area contributed by atoms with Gasteiger partial charge in [-0.1, -0.05) is 20.8 Å². The molecule has 2 heteroatoms. The van der Waals surface area contributed by atoms with Crippen molar-refractivity contribution < 1.29 is 4.74 Å². The monoisotopic (exact) mass is 205 g/mol. The van der Waals surface area contributed by atoms with Crippen LogP contribution in [0.15, 0.2) is 12.3 Å². The normalized spacial score (nSPS) is 16.5. The molecular formula is C13H19NO. The number of aryl methyl sites for hydroxylation is 1. The van der Waals surface area contributed by atoms with Gasteiger partial charge in [-0.25, -0.2) is 0 Å². The Morgan fingerprint density at radius 1 is 1.33 bits per heavy atom. The summed E-state index contributed by atoms with van der Waals surface area (Å²) in [6.45, 7) is 8.59. The Labute approximate surface area is 91.7 Å². The topological polar surface area (TPSA) is 22.1 Å². The van der Waals surface area contributed by atoms with E-state index in [0.29, 0.717) is 6.10 Å². The molecule has 0 amide bonds. The van der Waals surface area contributed by atoms with Gasteiger partial charge in [-0.3, -0.25) is 4.98 Å². The van der Waals surface area contributed by atoms with Crippen LogP contribution in [0.2, 0.25) is 0 Å². The molecule has 0 saturated heterocycles. The minimum Gasteiger partial charge on any atom is -0.490 e. The molecule has 0 aliphatic heterocycles. The highest BCUT2D eigenvalue weighted by Gasteiger charge is 2.27. The van der Waals surface area contributed by atoms with Crippen molar-refractivity contribution in [2.75, 3.05) is 0 Å². The molecule has 1 saturated carbocycles. The Morgan fingerprint density at radius 2 is 2.00 bits per heavy atom. The van der Waals surface area contributed by atoms with E-state index >= 15 is 0 Å². The molecule has 1 fully saturated rings. The largest absolute Gasteiger partial charge is 0.490 e. The fourth-order valence-corrected chi connectivity index (χ4v) is 1.56. The molecule has 1 heterocycles. The predicted octanol–water partition coefficient (Wildman–Crippen LogP) is 3.23. The third-order valence-electron chi connectivity index (χ3n) is 2.63. The Bertz CT molecular complexity index is 361. The standard InChI is InChI=1S/C13H19NO/c1-9-7-12(15-10-5-6-10)11(8-14-9)13(2,3)4/h7-8,10H,5-6H2,1-4H3. The first-order valence-electron chi connectivity index (χ1n) is 5.60. The molecule has 0 spiro atoms.